The van der Waals surface area contributed by atoms with Crippen molar-refractivity contribution in [3.63, 3.8) is 0 Å². The van der Waals surface area contributed by atoms with Gasteiger partial charge in [-0.1, -0.05) is 218 Å². The molecule has 0 fully saturated rings. The molecule has 1 atom stereocenters. The summed E-state index contributed by atoms with van der Waals surface area (Å²) in [7, 11) is 0. The average molecular weight is 801 g/mol. The van der Waals surface area contributed by atoms with E-state index in [4.69, 9.17) is 14.2 Å². The second-order valence-electron chi connectivity index (χ2n) is 16.4. The van der Waals surface area contributed by atoms with E-state index in [9.17, 15) is 14.4 Å². The second kappa shape index (κ2) is 46.3. The molecule has 0 bridgehead atoms. The Balaban J connectivity index is 4.35. The molecular formula is C51H92O6. The first-order valence-corrected chi connectivity index (χ1v) is 24.5. The van der Waals surface area contributed by atoms with Gasteiger partial charge in [0.05, 0.1) is 0 Å². The summed E-state index contributed by atoms with van der Waals surface area (Å²) >= 11 is 0. The van der Waals surface area contributed by atoms with Gasteiger partial charge in [-0.3, -0.25) is 14.4 Å². The smallest absolute Gasteiger partial charge is 0.306 e. The summed E-state index contributed by atoms with van der Waals surface area (Å²) in [4.78, 5) is 37.8. The van der Waals surface area contributed by atoms with Crippen molar-refractivity contribution in [1.29, 1.82) is 0 Å². The Morgan fingerprint density at radius 2 is 0.684 bits per heavy atom. The molecule has 332 valence electrons. The summed E-state index contributed by atoms with van der Waals surface area (Å²) in [6.07, 6.45) is 52.6. The summed E-state index contributed by atoms with van der Waals surface area (Å²) in [5.74, 6) is -0.880. The van der Waals surface area contributed by atoms with Crippen LogP contribution in [-0.2, 0) is 28.6 Å². The molecule has 0 rings (SSSR count). The number of rotatable bonds is 44. The fourth-order valence-electron chi connectivity index (χ4n) is 6.99. The third-order valence-corrected chi connectivity index (χ3v) is 10.7. The van der Waals surface area contributed by atoms with Crippen LogP contribution in [0.4, 0.5) is 0 Å². The van der Waals surface area contributed by atoms with E-state index in [1.165, 1.54) is 128 Å². The minimum absolute atomic E-state index is 0.0727. The number of carbonyl (C=O) groups is 3. The van der Waals surface area contributed by atoms with Gasteiger partial charge in [-0.2, -0.15) is 0 Å². The van der Waals surface area contributed by atoms with Crippen molar-refractivity contribution in [1.82, 2.24) is 0 Å². The van der Waals surface area contributed by atoms with Crippen LogP contribution in [0, 0.1) is 0 Å². The molecule has 0 spiro atoms. The van der Waals surface area contributed by atoms with E-state index in [2.05, 4.69) is 57.2 Å². The number of hydrogen-bond donors (Lipinski definition) is 0. The maximum Gasteiger partial charge on any atom is 0.306 e. The van der Waals surface area contributed by atoms with Crippen molar-refractivity contribution >= 4 is 17.9 Å². The van der Waals surface area contributed by atoms with Crippen molar-refractivity contribution in [2.45, 2.75) is 258 Å². The highest BCUT2D eigenvalue weighted by molar-refractivity contribution is 5.71. The number of esters is 3. The third-order valence-electron chi connectivity index (χ3n) is 10.7. The zero-order valence-electron chi connectivity index (χ0n) is 37.9. The largest absolute Gasteiger partial charge is 0.462 e. The summed E-state index contributed by atoms with van der Waals surface area (Å²) < 4.78 is 16.7. The Labute approximate surface area is 353 Å². The van der Waals surface area contributed by atoms with E-state index in [1.54, 1.807) is 0 Å². The highest BCUT2D eigenvalue weighted by Crippen LogP contribution is 2.15. The molecule has 0 aliphatic carbocycles. The van der Waals surface area contributed by atoms with Gasteiger partial charge >= 0.3 is 17.9 Å². The lowest BCUT2D eigenvalue weighted by atomic mass is 10.0. The number of ether oxygens (including phenoxy) is 3. The van der Waals surface area contributed by atoms with Gasteiger partial charge in [-0.05, 0) is 51.4 Å². The molecule has 0 saturated heterocycles. The van der Waals surface area contributed by atoms with Gasteiger partial charge < -0.3 is 14.2 Å². The Morgan fingerprint density at radius 1 is 0.368 bits per heavy atom. The molecule has 0 aromatic rings. The van der Waals surface area contributed by atoms with E-state index < -0.39 is 6.10 Å². The molecule has 0 amide bonds. The van der Waals surface area contributed by atoms with Crippen LogP contribution in [0.3, 0.4) is 0 Å². The molecule has 6 heteroatoms. The molecule has 0 saturated carbocycles. The van der Waals surface area contributed by atoms with Gasteiger partial charge in [0.2, 0.25) is 0 Å². The Bertz CT molecular complexity index is 969. The van der Waals surface area contributed by atoms with Crippen LogP contribution < -0.4 is 0 Å². The SMILES string of the molecule is CC/C=C\C/C=C\C/C=C\CCCCCCCCC(=O)OCC(COC(=O)CCCCCCCCCCCC)OC(=O)CCCCCCCCCCCCCCC. The van der Waals surface area contributed by atoms with Crippen molar-refractivity contribution < 1.29 is 28.6 Å². The first kappa shape index (κ1) is 54.6. The number of carbonyl (C=O) groups excluding carboxylic acids is 3. The fourth-order valence-corrected chi connectivity index (χ4v) is 6.99. The van der Waals surface area contributed by atoms with Gasteiger partial charge in [0.1, 0.15) is 13.2 Å². The van der Waals surface area contributed by atoms with Crippen LogP contribution >= 0.6 is 0 Å². The molecule has 0 heterocycles. The van der Waals surface area contributed by atoms with E-state index in [0.717, 1.165) is 83.5 Å². The molecular weight excluding hydrogens is 709 g/mol. The molecule has 0 aliphatic heterocycles. The summed E-state index contributed by atoms with van der Waals surface area (Å²) in [6.45, 7) is 6.51. The minimum atomic E-state index is -0.770. The van der Waals surface area contributed by atoms with Crippen LogP contribution in [0.1, 0.15) is 252 Å². The number of hydrogen-bond acceptors (Lipinski definition) is 6. The maximum atomic E-state index is 12.7. The summed E-state index contributed by atoms with van der Waals surface area (Å²) in [5.41, 5.74) is 0. The Kier molecular flexibility index (Phi) is 44.4. The lowest BCUT2D eigenvalue weighted by molar-refractivity contribution is -0.167. The van der Waals surface area contributed by atoms with Crippen molar-refractivity contribution in [2.24, 2.45) is 0 Å². The first-order chi connectivity index (χ1) is 28.0. The van der Waals surface area contributed by atoms with Gasteiger partial charge in [0.25, 0.3) is 0 Å². The Morgan fingerprint density at radius 3 is 1.07 bits per heavy atom. The Hall–Kier alpha value is -2.37. The van der Waals surface area contributed by atoms with Gasteiger partial charge in [-0.25, -0.2) is 0 Å². The van der Waals surface area contributed by atoms with E-state index in [1.807, 2.05) is 0 Å². The minimum Gasteiger partial charge on any atom is -0.462 e. The van der Waals surface area contributed by atoms with E-state index in [0.29, 0.717) is 19.3 Å². The summed E-state index contributed by atoms with van der Waals surface area (Å²) in [5, 5.41) is 0. The lowest BCUT2D eigenvalue weighted by Gasteiger charge is -2.18. The van der Waals surface area contributed by atoms with Crippen LogP contribution in [-0.4, -0.2) is 37.2 Å². The predicted molar refractivity (Wildman–Crippen MR) is 242 cm³/mol. The molecule has 0 aromatic carbocycles. The molecule has 6 nitrogen and oxygen atoms in total. The highest BCUT2D eigenvalue weighted by Gasteiger charge is 2.19. The monoisotopic (exact) mass is 801 g/mol. The van der Waals surface area contributed by atoms with Crippen molar-refractivity contribution in [3.8, 4) is 0 Å². The van der Waals surface area contributed by atoms with E-state index in [-0.39, 0.29) is 31.1 Å². The fraction of sp³-hybridized carbons (Fsp3) is 0.824. The molecule has 0 radical (unpaired) electrons. The normalized spacial score (nSPS) is 12.3. The first-order valence-electron chi connectivity index (χ1n) is 24.5. The van der Waals surface area contributed by atoms with Crippen LogP contribution in [0.15, 0.2) is 36.5 Å². The summed E-state index contributed by atoms with van der Waals surface area (Å²) in [6, 6.07) is 0. The maximum absolute atomic E-state index is 12.7. The van der Waals surface area contributed by atoms with Crippen molar-refractivity contribution in [3.05, 3.63) is 36.5 Å². The van der Waals surface area contributed by atoms with Crippen LogP contribution in [0.2, 0.25) is 0 Å². The topological polar surface area (TPSA) is 78.9 Å². The third kappa shape index (κ3) is 44.6. The molecule has 0 aromatic heterocycles. The zero-order valence-corrected chi connectivity index (χ0v) is 37.9. The van der Waals surface area contributed by atoms with E-state index >= 15 is 0 Å². The molecule has 0 aliphatic rings. The molecule has 57 heavy (non-hydrogen) atoms. The molecule has 0 N–H and O–H groups in total. The highest BCUT2D eigenvalue weighted by atomic mass is 16.6. The average Bonchev–Trinajstić information content (AvgIpc) is 3.21. The number of unbranched alkanes of at least 4 members (excludes halogenated alkanes) is 27. The molecule has 1 unspecified atom stereocenters. The van der Waals surface area contributed by atoms with Crippen molar-refractivity contribution in [2.75, 3.05) is 13.2 Å². The van der Waals surface area contributed by atoms with Gasteiger partial charge in [-0.15, -0.1) is 0 Å². The van der Waals surface area contributed by atoms with Gasteiger partial charge in [0.15, 0.2) is 6.10 Å². The number of allylic oxidation sites excluding steroid dienone is 6. The second-order valence-corrected chi connectivity index (χ2v) is 16.4. The predicted octanol–water partition coefficient (Wildman–Crippen LogP) is 15.8. The standard InChI is InChI=1S/C51H92O6/c1-4-7-10-13-16-19-22-24-25-26-28-29-32-35-38-41-44-50(53)56-47-48(46-55-49(52)43-40-37-34-31-21-18-15-12-9-6-3)57-51(54)45-42-39-36-33-30-27-23-20-17-14-11-8-5-2/h7,10,16,19,24-25,48H,4-6,8-9,11-15,17-18,20-23,26-47H2,1-3H3/b10-7-,19-16-,25-24-. The van der Waals surface area contributed by atoms with Crippen LogP contribution in [0.5, 0.6) is 0 Å². The van der Waals surface area contributed by atoms with Crippen LogP contribution in [0.25, 0.3) is 0 Å². The lowest BCUT2D eigenvalue weighted by Crippen LogP contribution is -2.30. The van der Waals surface area contributed by atoms with Gasteiger partial charge in [0, 0.05) is 19.3 Å². The zero-order chi connectivity index (χ0) is 41.5. The quantitative estimate of drug-likeness (QED) is 0.0264.